The molecule has 0 aliphatic heterocycles. The molecule has 3 aromatic rings. The minimum Gasteiger partial charge on any atom is -0.391 e. The smallest absolute Gasteiger partial charge is 0.257 e. The number of aliphatic hydroxyl groups is 1. The lowest BCUT2D eigenvalue weighted by molar-refractivity contribution is -0.950. The van der Waals surface area contributed by atoms with E-state index in [2.05, 4.69) is 47.3 Å². The molecule has 0 bridgehead atoms. The summed E-state index contributed by atoms with van der Waals surface area (Å²) in [5.41, 5.74) is 3.74. The number of tetrazole rings is 1. The number of nitrogens with one attached hydrogen (secondary N) is 2. The van der Waals surface area contributed by atoms with Gasteiger partial charge >= 0.3 is 0 Å². The van der Waals surface area contributed by atoms with Gasteiger partial charge in [0, 0.05) is 18.5 Å². The number of hydrogen-bond donors (Lipinski definition) is 3. The van der Waals surface area contributed by atoms with Crippen molar-refractivity contribution in [2.24, 2.45) is 5.92 Å². The molecule has 0 radical (unpaired) electrons. The molecule has 31 heavy (non-hydrogen) atoms. The van der Waals surface area contributed by atoms with Crippen molar-refractivity contribution in [1.29, 1.82) is 0 Å². The number of aryl methyl sites for hydroxylation is 2. The number of H-pyrrole nitrogens is 1. The monoisotopic (exact) mass is 429 g/mol. The number of pyridine rings is 1. The van der Waals surface area contributed by atoms with Crippen molar-refractivity contribution >= 4 is 10.9 Å². The first kappa shape index (κ1) is 23.1. The fraction of sp³-hybridized carbons (Fsp3) is 0.545. The molecule has 9 nitrogen and oxygen atoms in total. The molecule has 3 N–H and O–H groups in total. The number of methoxy groups -OCH3 is 1. The Labute approximate surface area is 182 Å². The number of hydrogen-bond acceptors (Lipinski definition) is 6. The van der Waals surface area contributed by atoms with Gasteiger partial charge in [0.2, 0.25) is 5.82 Å². The molecule has 2 aromatic heterocycles. The summed E-state index contributed by atoms with van der Waals surface area (Å²) in [6.07, 6.45) is 0. The minimum atomic E-state index is -0.104. The summed E-state index contributed by atoms with van der Waals surface area (Å²) in [6, 6.07) is 5.98. The number of aromatic amines is 1. The highest BCUT2D eigenvalue weighted by Crippen LogP contribution is 2.19. The van der Waals surface area contributed by atoms with Gasteiger partial charge in [-0.15, -0.1) is 5.10 Å². The highest BCUT2D eigenvalue weighted by Gasteiger charge is 2.33. The van der Waals surface area contributed by atoms with Gasteiger partial charge in [-0.1, -0.05) is 13.8 Å². The summed E-state index contributed by atoms with van der Waals surface area (Å²) in [7, 11) is 1.64. The van der Waals surface area contributed by atoms with E-state index in [-0.39, 0.29) is 24.1 Å². The van der Waals surface area contributed by atoms with E-state index < -0.39 is 0 Å². The van der Waals surface area contributed by atoms with Crippen LogP contribution in [0.1, 0.15) is 42.4 Å². The van der Waals surface area contributed by atoms with E-state index in [0.29, 0.717) is 31.8 Å². The summed E-state index contributed by atoms with van der Waals surface area (Å²) >= 11 is 0. The fourth-order valence-electron chi connectivity index (χ4n) is 4.12. The lowest BCUT2D eigenvalue weighted by atomic mass is 10.00. The van der Waals surface area contributed by atoms with Crippen molar-refractivity contribution in [3.8, 4) is 0 Å². The Morgan fingerprint density at radius 1 is 1.23 bits per heavy atom. The highest BCUT2D eigenvalue weighted by molar-refractivity contribution is 5.80. The van der Waals surface area contributed by atoms with E-state index in [1.807, 2.05) is 19.1 Å². The van der Waals surface area contributed by atoms with Crippen LogP contribution in [-0.2, 0) is 17.8 Å². The SMILES string of the molecule is COCCn1nnnc1[C@@H](C(C)C)[NH+](CCO)Cc1cc2cc(C)c(C)cc2[nH]c1=O. The van der Waals surface area contributed by atoms with Crippen LogP contribution >= 0.6 is 0 Å². The molecule has 9 heteroatoms. The van der Waals surface area contributed by atoms with Gasteiger partial charge < -0.3 is 19.7 Å². The van der Waals surface area contributed by atoms with Gasteiger partial charge in [-0.3, -0.25) is 4.79 Å². The van der Waals surface area contributed by atoms with Crippen LogP contribution in [0.3, 0.4) is 0 Å². The molecular formula is C22H33N6O3+. The van der Waals surface area contributed by atoms with Gasteiger partial charge in [-0.05, 0) is 59.0 Å². The maximum Gasteiger partial charge on any atom is 0.257 e. The molecular weight excluding hydrogens is 396 g/mol. The van der Waals surface area contributed by atoms with Gasteiger partial charge in [0.1, 0.15) is 13.1 Å². The number of benzene rings is 1. The zero-order valence-electron chi connectivity index (χ0n) is 19.0. The van der Waals surface area contributed by atoms with Crippen molar-refractivity contribution in [1.82, 2.24) is 25.2 Å². The number of aromatic nitrogens is 5. The molecule has 0 saturated carbocycles. The third kappa shape index (κ3) is 5.17. The van der Waals surface area contributed by atoms with Crippen LogP contribution in [0.4, 0.5) is 0 Å². The number of nitrogens with zero attached hydrogens (tertiary/aromatic N) is 4. The van der Waals surface area contributed by atoms with Crippen molar-refractivity contribution in [2.75, 3.05) is 26.9 Å². The Balaban J connectivity index is 1.99. The van der Waals surface area contributed by atoms with Crippen LogP contribution in [0, 0.1) is 19.8 Å². The van der Waals surface area contributed by atoms with E-state index in [1.54, 1.807) is 11.8 Å². The third-order valence-corrected chi connectivity index (χ3v) is 5.84. The second kappa shape index (κ2) is 10.1. The number of rotatable bonds is 10. The van der Waals surface area contributed by atoms with Gasteiger partial charge in [0.25, 0.3) is 5.56 Å². The number of quaternary nitrogens is 1. The molecule has 3 rings (SSSR count). The molecule has 0 aliphatic carbocycles. The zero-order valence-corrected chi connectivity index (χ0v) is 19.0. The van der Waals surface area contributed by atoms with Gasteiger partial charge in [0.05, 0.1) is 25.3 Å². The summed E-state index contributed by atoms with van der Waals surface area (Å²) in [5.74, 6) is 0.928. The predicted molar refractivity (Wildman–Crippen MR) is 118 cm³/mol. The Kier molecular flexibility index (Phi) is 7.53. The van der Waals surface area contributed by atoms with E-state index in [0.717, 1.165) is 27.2 Å². The minimum absolute atomic E-state index is 0.00196. The molecule has 0 saturated heterocycles. The molecule has 2 heterocycles. The average molecular weight is 430 g/mol. The van der Waals surface area contributed by atoms with Crippen LogP contribution in [0.2, 0.25) is 0 Å². The van der Waals surface area contributed by atoms with Crippen molar-refractivity contribution in [2.45, 2.75) is 46.8 Å². The first-order valence-corrected chi connectivity index (χ1v) is 10.7. The highest BCUT2D eigenvalue weighted by atomic mass is 16.5. The molecule has 0 fully saturated rings. The first-order valence-electron chi connectivity index (χ1n) is 10.7. The summed E-state index contributed by atoms with van der Waals surface area (Å²) in [5, 5.41) is 23.1. The molecule has 2 atom stereocenters. The fourth-order valence-corrected chi connectivity index (χ4v) is 4.12. The predicted octanol–water partition coefficient (Wildman–Crippen LogP) is 0.552. The van der Waals surface area contributed by atoms with Crippen LogP contribution in [-0.4, -0.2) is 57.2 Å². The third-order valence-electron chi connectivity index (χ3n) is 5.84. The van der Waals surface area contributed by atoms with Gasteiger partial charge in [0.15, 0.2) is 6.04 Å². The second-order valence-corrected chi connectivity index (χ2v) is 8.43. The lowest BCUT2D eigenvalue weighted by Crippen LogP contribution is -3.12. The van der Waals surface area contributed by atoms with E-state index >= 15 is 0 Å². The maximum atomic E-state index is 12.9. The summed E-state index contributed by atoms with van der Waals surface area (Å²) in [6.45, 7) is 10.3. The average Bonchev–Trinajstić information content (AvgIpc) is 3.16. The number of ether oxygens (including phenoxy) is 1. The zero-order chi connectivity index (χ0) is 22.5. The van der Waals surface area contributed by atoms with Gasteiger partial charge in [-0.2, -0.15) is 0 Å². The molecule has 0 spiro atoms. The Hall–Kier alpha value is -2.62. The van der Waals surface area contributed by atoms with E-state index in [1.165, 1.54) is 5.56 Å². The van der Waals surface area contributed by atoms with Crippen LogP contribution in [0.5, 0.6) is 0 Å². The van der Waals surface area contributed by atoms with Crippen molar-refractivity contribution in [3.63, 3.8) is 0 Å². The molecule has 1 unspecified atom stereocenters. The standard InChI is InChI=1S/C22H32N6O3/c1-14(2)20(21-24-25-26-28(21)7-9-31-5)27(6-8-29)13-18-12-17-10-15(3)16(4)11-19(17)23-22(18)30/h10-12,14,20,29H,6-9,13H2,1-5H3,(H,23,30)/p+1/t20-/m1/s1. The Morgan fingerprint density at radius 3 is 2.65 bits per heavy atom. The summed E-state index contributed by atoms with van der Waals surface area (Å²) < 4.78 is 6.93. The van der Waals surface area contributed by atoms with Crippen molar-refractivity contribution in [3.05, 3.63) is 51.1 Å². The topological polar surface area (TPSA) is 110 Å². The quantitative estimate of drug-likeness (QED) is 0.434. The largest absolute Gasteiger partial charge is 0.391 e. The van der Waals surface area contributed by atoms with Crippen LogP contribution in [0.25, 0.3) is 10.9 Å². The molecule has 0 amide bonds. The van der Waals surface area contributed by atoms with Crippen LogP contribution in [0.15, 0.2) is 23.0 Å². The van der Waals surface area contributed by atoms with Crippen molar-refractivity contribution < 1.29 is 14.7 Å². The molecule has 0 aliphatic rings. The van der Waals surface area contributed by atoms with E-state index in [9.17, 15) is 9.90 Å². The molecule has 168 valence electrons. The van der Waals surface area contributed by atoms with Gasteiger partial charge in [-0.25, -0.2) is 4.68 Å². The van der Waals surface area contributed by atoms with E-state index in [4.69, 9.17) is 4.74 Å². The second-order valence-electron chi connectivity index (χ2n) is 8.43. The lowest BCUT2D eigenvalue weighted by Gasteiger charge is -2.30. The maximum absolute atomic E-state index is 12.9. The van der Waals surface area contributed by atoms with Crippen LogP contribution < -0.4 is 10.5 Å². The summed E-state index contributed by atoms with van der Waals surface area (Å²) in [4.78, 5) is 16.9. The normalized spacial score (nSPS) is 13.8. The molecule has 1 aromatic carbocycles. The number of fused-ring (bicyclic) bond motifs is 1. The first-order chi connectivity index (χ1) is 14.8. The Morgan fingerprint density at radius 2 is 1.97 bits per heavy atom. The number of aliphatic hydroxyl groups excluding tert-OH is 1. The Bertz CT molecular complexity index is 1070.